The monoisotopic (exact) mass is 331 g/mol. The highest BCUT2D eigenvalue weighted by atomic mass is 79.9. The third-order valence-corrected chi connectivity index (χ3v) is 4.16. The summed E-state index contributed by atoms with van der Waals surface area (Å²) < 4.78 is 6.04. The predicted octanol–water partition coefficient (Wildman–Crippen LogP) is 3.86. The van der Waals surface area contributed by atoms with Crippen molar-refractivity contribution in [3.8, 4) is 0 Å². The van der Waals surface area contributed by atoms with E-state index in [0.717, 1.165) is 22.2 Å². The minimum Gasteiger partial charge on any atom is -0.465 e. The van der Waals surface area contributed by atoms with Gasteiger partial charge in [0.2, 0.25) is 0 Å². The molecule has 0 saturated carbocycles. The van der Waals surface area contributed by atoms with E-state index in [-0.39, 0.29) is 11.2 Å². The van der Waals surface area contributed by atoms with Crippen molar-refractivity contribution in [2.75, 3.05) is 12.3 Å². The van der Waals surface area contributed by atoms with Gasteiger partial charge in [0.1, 0.15) is 5.25 Å². The summed E-state index contributed by atoms with van der Waals surface area (Å²) in [5.74, 6) is -0.163. The number of halogens is 1. The van der Waals surface area contributed by atoms with E-state index in [1.807, 2.05) is 25.1 Å². The van der Waals surface area contributed by atoms with Crippen LogP contribution in [-0.2, 0) is 9.53 Å². The van der Waals surface area contributed by atoms with Crippen molar-refractivity contribution >= 4 is 39.3 Å². The quantitative estimate of drug-likeness (QED) is 0.488. The van der Waals surface area contributed by atoms with Gasteiger partial charge in [-0.25, -0.2) is 0 Å². The topological polar surface area (TPSA) is 52.3 Å². The van der Waals surface area contributed by atoms with Gasteiger partial charge in [-0.15, -0.1) is 11.8 Å². The molecule has 3 nitrogen and oxygen atoms in total. The Hall–Kier alpha value is -0.680. The zero-order valence-electron chi connectivity index (χ0n) is 10.6. The van der Waals surface area contributed by atoms with Crippen LogP contribution in [-0.4, -0.2) is 17.8 Å². The van der Waals surface area contributed by atoms with Crippen LogP contribution in [0.3, 0.4) is 0 Å². The lowest BCUT2D eigenvalue weighted by molar-refractivity contribution is -0.142. The van der Waals surface area contributed by atoms with E-state index >= 15 is 0 Å². The minimum absolute atomic E-state index is 0.163. The molecule has 0 amide bonds. The fourth-order valence-electron chi connectivity index (χ4n) is 1.49. The number of rotatable bonds is 6. The molecule has 0 radical (unpaired) electrons. The standard InChI is InChI=1S/C13H18BrNO2S/c1-3-5-11(13(16)17-4-2)18-12-8-9(14)6-7-10(12)15/h6-8,11H,3-5,15H2,1-2H3. The molecule has 0 fully saturated rings. The Morgan fingerprint density at radius 3 is 2.83 bits per heavy atom. The molecule has 0 aliphatic rings. The number of carbonyl (C=O) groups is 1. The molecular formula is C13H18BrNO2S. The molecule has 2 N–H and O–H groups in total. The maximum atomic E-state index is 11.8. The number of benzene rings is 1. The molecule has 1 unspecified atom stereocenters. The first kappa shape index (κ1) is 15.4. The summed E-state index contributed by atoms with van der Waals surface area (Å²) in [5, 5.41) is -0.188. The number of nitrogens with two attached hydrogens (primary N) is 1. The van der Waals surface area contributed by atoms with Gasteiger partial charge in [-0.1, -0.05) is 29.3 Å². The van der Waals surface area contributed by atoms with Crippen LogP contribution in [0.25, 0.3) is 0 Å². The normalized spacial score (nSPS) is 12.2. The van der Waals surface area contributed by atoms with Crippen LogP contribution in [0.4, 0.5) is 5.69 Å². The van der Waals surface area contributed by atoms with Crippen LogP contribution in [0.1, 0.15) is 26.7 Å². The fraction of sp³-hybridized carbons (Fsp3) is 0.462. The average molecular weight is 332 g/mol. The minimum atomic E-state index is -0.188. The summed E-state index contributed by atoms with van der Waals surface area (Å²) in [6.07, 6.45) is 1.72. The first-order valence-corrected chi connectivity index (χ1v) is 7.64. The Kier molecular flexibility index (Phi) is 6.57. The molecule has 18 heavy (non-hydrogen) atoms. The second-order valence-corrected chi connectivity index (χ2v) is 5.99. The van der Waals surface area contributed by atoms with Crippen molar-refractivity contribution in [3.63, 3.8) is 0 Å². The van der Waals surface area contributed by atoms with E-state index in [9.17, 15) is 4.79 Å². The molecule has 0 spiro atoms. The molecule has 0 bridgehead atoms. The number of hydrogen-bond donors (Lipinski definition) is 1. The van der Waals surface area contributed by atoms with Crippen molar-refractivity contribution in [1.82, 2.24) is 0 Å². The van der Waals surface area contributed by atoms with Crippen molar-refractivity contribution in [3.05, 3.63) is 22.7 Å². The van der Waals surface area contributed by atoms with E-state index < -0.39 is 0 Å². The molecule has 0 aliphatic carbocycles. The Balaban J connectivity index is 2.82. The highest BCUT2D eigenvalue weighted by Gasteiger charge is 2.21. The molecule has 0 aromatic heterocycles. The molecule has 1 aromatic carbocycles. The van der Waals surface area contributed by atoms with Crippen LogP contribution in [0.2, 0.25) is 0 Å². The van der Waals surface area contributed by atoms with Crippen LogP contribution in [0.5, 0.6) is 0 Å². The molecular weight excluding hydrogens is 314 g/mol. The molecule has 1 atom stereocenters. The Morgan fingerprint density at radius 1 is 1.50 bits per heavy atom. The van der Waals surface area contributed by atoms with Gasteiger partial charge in [0.25, 0.3) is 0 Å². The summed E-state index contributed by atoms with van der Waals surface area (Å²) in [7, 11) is 0. The zero-order valence-corrected chi connectivity index (χ0v) is 13.0. The van der Waals surface area contributed by atoms with E-state index in [0.29, 0.717) is 12.3 Å². The number of anilines is 1. The van der Waals surface area contributed by atoms with Crippen LogP contribution in [0, 0.1) is 0 Å². The van der Waals surface area contributed by atoms with E-state index in [2.05, 4.69) is 22.9 Å². The molecule has 0 heterocycles. The first-order valence-electron chi connectivity index (χ1n) is 5.96. The third-order valence-electron chi connectivity index (χ3n) is 2.35. The van der Waals surface area contributed by atoms with Crippen LogP contribution >= 0.6 is 27.7 Å². The highest BCUT2D eigenvalue weighted by Crippen LogP contribution is 2.33. The van der Waals surface area contributed by atoms with Crippen LogP contribution in [0.15, 0.2) is 27.6 Å². The fourth-order valence-corrected chi connectivity index (χ4v) is 3.22. The van der Waals surface area contributed by atoms with E-state index in [4.69, 9.17) is 10.5 Å². The van der Waals surface area contributed by atoms with Crippen LogP contribution < -0.4 is 5.73 Å². The average Bonchev–Trinajstić information content (AvgIpc) is 2.33. The van der Waals surface area contributed by atoms with Gasteiger partial charge in [-0.3, -0.25) is 4.79 Å². The van der Waals surface area contributed by atoms with E-state index in [1.165, 1.54) is 11.8 Å². The second-order valence-electron chi connectivity index (χ2n) is 3.83. The van der Waals surface area contributed by atoms with Gasteiger partial charge in [0.05, 0.1) is 6.61 Å². The summed E-state index contributed by atoms with van der Waals surface area (Å²) in [6.45, 7) is 4.28. The number of ether oxygens (including phenoxy) is 1. The summed E-state index contributed by atoms with van der Waals surface area (Å²) in [6, 6.07) is 5.65. The van der Waals surface area contributed by atoms with Gasteiger partial charge < -0.3 is 10.5 Å². The lowest BCUT2D eigenvalue weighted by atomic mass is 10.2. The van der Waals surface area contributed by atoms with Gasteiger partial charge in [0.15, 0.2) is 0 Å². The SMILES string of the molecule is CCCC(Sc1cc(Br)ccc1N)C(=O)OCC. The number of nitrogen functional groups attached to an aromatic ring is 1. The molecule has 0 saturated heterocycles. The number of thioether (sulfide) groups is 1. The van der Waals surface area contributed by atoms with E-state index in [1.54, 1.807) is 0 Å². The Labute approximate surface area is 121 Å². The van der Waals surface area contributed by atoms with Gasteiger partial charge in [-0.2, -0.15) is 0 Å². The summed E-state index contributed by atoms with van der Waals surface area (Å²) >= 11 is 4.88. The van der Waals surface area contributed by atoms with Crippen molar-refractivity contribution in [2.45, 2.75) is 36.8 Å². The zero-order chi connectivity index (χ0) is 13.5. The Bertz CT molecular complexity index is 412. The lowest BCUT2D eigenvalue weighted by Gasteiger charge is -2.15. The molecule has 1 aromatic rings. The molecule has 100 valence electrons. The van der Waals surface area contributed by atoms with Gasteiger partial charge in [-0.05, 0) is 31.5 Å². The molecule has 1 rings (SSSR count). The van der Waals surface area contributed by atoms with Gasteiger partial charge in [0, 0.05) is 15.1 Å². The lowest BCUT2D eigenvalue weighted by Crippen LogP contribution is -2.20. The number of carbonyl (C=O) groups excluding carboxylic acids is 1. The molecule has 0 aliphatic heterocycles. The largest absolute Gasteiger partial charge is 0.465 e. The van der Waals surface area contributed by atoms with Crippen molar-refractivity contribution < 1.29 is 9.53 Å². The van der Waals surface area contributed by atoms with Crippen molar-refractivity contribution in [1.29, 1.82) is 0 Å². The number of hydrogen-bond acceptors (Lipinski definition) is 4. The maximum absolute atomic E-state index is 11.8. The molecule has 5 heteroatoms. The van der Waals surface area contributed by atoms with Crippen molar-refractivity contribution in [2.24, 2.45) is 0 Å². The third kappa shape index (κ3) is 4.53. The smallest absolute Gasteiger partial charge is 0.319 e. The maximum Gasteiger partial charge on any atom is 0.319 e. The number of esters is 1. The van der Waals surface area contributed by atoms with Gasteiger partial charge >= 0.3 is 5.97 Å². The second kappa shape index (κ2) is 7.69. The Morgan fingerprint density at radius 2 is 2.22 bits per heavy atom. The summed E-state index contributed by atoms with van der Waals surface area (Å²) in [4.78, 5) is 12.8. The predicted molar refractivity (Wildman–Crippen MR) is 79.7 cm³/mol. The summed E-state index contributed by atoms with van der Waals surface area (Å²) in [5.41, 5.74) is 6.60. The first-order chi connectivity index (χ1) is 8.58. The highest BCUT2D eigenvalue weighted by molar-refractivity contribution is 9.10.